The summed E-state index contributed by atoms with van der Waals surface area (Å²) >= 11 is 0. The van der Waals surface area contributed by atoms with E-state index in [-0.39, 0.29) is 0 Å². The molecule has 6 heteroatoms. The minimum Gasteiger partial charge on any atom is -0.437 e. The number of aromatic amines is 2. The zero-order valence-corrected chi connectivity index (χ0v) is 18.5. The van der Waals surface area contributed by atoms with Crippen LogP contribution in [-0.4, -0.2) is 15.2 Å². The Morgan fingerprint density at radius 3 is 2.06 bits per heavy atom. The molecule has 6 aromatic rings. The zero-order chi connectivity index (χ0) is 22.3. The first-order chi connectivity index (χ1) is 16.2. The van der Waals surface area contributed by atoms with Crippen molar-refractivity contribution >= 4 is 39.8 Å². The average molecular weight is 449 g/mol. The Hall–Kier alpha value is -4.08. The Kier molecular flexibility index (Phi) is 4.63. The van der Waals surface area contributed by atoms with E-state index in [1.54, 1.807) is 0 Å². The highest BCUT2D eigenvalue weighted by Gasteiger charge is 2.30. The van der Waals surface area contributed by atoms with Crippen LogP contribution >= 0.6 is 7.37 Å². The van der Waals surface area contributed by atoms with E-state index >= 15 is 0 Å². The number of para-hydroxylation sites is 1. The Morgan fingerprint density at radius 1 is 0.697 bits per heavy atom. The van der Waals surface area contributed by atoms with Gasteiger partial charge in [0.1, 0.15) is 11.4 Å². The van der Waals surface area contributed by atoms with Gasteiger partial charge in [-0.2, -0.15) is 5.10 Å². The second kappa shape index (κ2) is 7.80. The predicted molar refractivity (Wildman–Crippen MR) is 134 cm³/mol. The molecule has 2 N–H and O–H groups in total. The van der Waals surface area contributed by atoms with E-state index in [2.05, 4.69) is 27.3 Å². The van der Waals surface area contributed by atoms with Gasteiger partial charge in [-0.25, -0.2) is 0 Å². The summed E-state index contributed by atoms with van der Waals surface area (Å²) in [5, 5.41) is 10.9. The predicted octanol–water partition coefficient (Wildman–Crippen LogP) is 6.02. The van der Waals surface area contributed by atoms with E-state index in [9.17, 15) is 4.57 Å². The molecule has 2 heterocycles. The Morgan fingerprint density at radius 2 is 1.36 bits per heavy atom. The van der Waals surface area contributed by atoms with Gasteiger partial charge in [0.25, 0.3) is 0 Å². The maximum atomic E-state index is 14.3. The smallest absolute Gasteiger partial charge is 0.306 e. The molecular weight excluding hydrogens is 429 g/mol. The number of hydrogen-bond acceptors (Lipinski definition) is 3. The summed E-state index contributed by atoms with van der Waals surface area (Å²) in [5.41, 5.74) is 3.63. The van der Waals surface area contributed by atoms with Crippen LogP contribution in [-0.2, 0) is 4.57 Å². The van der Waals surface area contributed by atoms with Gasteiger partial charge in [-0.05, 0) is 54.6 Å². The lowest BCUT2D eigenvalue weighted by Crippen LogP contribution is -2.20. The zero-order valence-electron chi connectivity index (χ0n) is 17.6. The molecule has 0 spiro atoms. The SMILES string of the molecule is O=P(Oc1ccc2[nH]nc(-c3cc4ccccc4[nH]3)c2c1)(c1ccccc1)c1ccccc1. The fourth-order valence-corrected chi connectivity index (χ4v) is 6.16. The normalized spacial score (nSPS) is 11.8. The number of aromatic nitrogens is 3. The lowest BCUT2D eigenvalue weighted by Gasteiger charge is -2.20. The van der Waals surface area contributed by atoms with Gasteiger partial charge in [-0.15, -0.1) is 0 Å². The molecule has 0 amide bonds. The summed E-state index contributed by atoms with van der Waals surface area (Å²) < 4.78 is 20.6. The van der Waals surface area contributed by atoms with Gasteiger partial charge in [0.15, 0.2) is 0 Å². The largest absolute Gasteiger partial charge is 0.437 e. The molecule has 0 saturated heterocycles. The number of benzene rings is 4. The van der Waals surface area contributed by atoms with Crippen LogP contribution in [0.4, 0.5) is 0 Å². The van der Waals surface area contributed by atoms with Crippen LogP contribution in [0.1, 0.15) is 0 Å². The molecule has 33 heavy (non-hydrogen) atoms. The summed E-state index contributed by atoms with van der Waals surface area (Å²) in [4.78, 5) is 3.43. The summed E-state index contributed by atoms with van der Waals surface area (Å²) in [6.45, 7) is 0. The van der Waals surface area contributed by atoms with Crippen molar-refractivity contribution < 1.29 is 9.09 Å². The fourth-order valence-electron chi connectivity index (χ4n) is 4.11. The summed E-state index contributed by atoms with van der Waals surface area (Å²) in [5.74, 6) is 0.525. The van der Waals surface area contributed by atoms with E-state index in [0.717, 1.165) is 33.2 Å². The van der Waals surface area contributed by atoms with Crippen LogP contribution in [0.3, 0.4) is 0 Å². The van der Waals surface area contributed by atoms with Gasteiger partial charge < -0.3 is 9.51 Å². The summed E-state index contributed by atoms with van der Waals surface area (Å²) in [6.07, 6.45) is 0. The standard InChI is InChI=1S/C27H20N3O2P/c31-33(21-10-3-1-4-11-21,22-12-5-2-6-13-22)32-20-15-16-25-23(18-20)27(30-29-25)26-17-19-9-7-8-14-24(19)28-26/h1-18,28H,(H,29,30). The van der Waals surface area contributed by atoms with Crippen molar-refractivity contribution in [3.05, 3.63) is 109 Å². The number of rotatable bonds is 5. The second-order valence-electron chi connectivity index (χ2n) is 7.86. The van der Waals surface area contributed by atoms with Crippen molar-refractivity contribution in [2.24, 2.45) is 0 Å². The number of fused-ring (bicyclic) bond motifs is 2. The third-order valence-corrected chi connectivity index (χ3v) is 8.17. The number of H-pyrrole nitrogens is 2. The highest BCUT2D eigenvalue weighted by molar-refractivity contribution is 7.74. The third-order valence-electron chi connectivity index (χ3n) is 5.75. The van der Waals surface area contributed by atoms with Crippen LogP contribution in [0.2, 0.25) is 0 Å². The topological polar surface area (TPSA) is 70.8 Å². The van der Waals surface area contributed by atoms with E-state index in [1.165, 1.54) is 0 Å². The van der Waals surface area contributed by atoms with Crippen molar-refractivity contribution in [1.29, 1.82) is 0 Å². The number of nitrogens with zero attached hydrogens (tertiary/aromatic N) is 1. The molecule has 5 nitrogen and oxygen atoms in total. The lowest BCUT2D eigenvalue weighted by molar-refractivity contribution is 0.503. The fraction of sp³-hybridized carbons (Fsp3) is 0. The average Bonchev–Trinajstić information content (AvgIpc) is 3.49. The van der Waals surface area contributed by atoms with E-state index in [4.69, 9.17) is 4.52 Å². The molecule has 0 aliphatic heterocycles. The number of nitrogens with one attached hydrogen (secondary N) is 2. The van der Waals surface area contributed by atoms with Crippen LogP contribution in [0.15, 0.2) is 109 Å². The van der Waals surface area contributed by atoms with E-state index in [1.807, 2.05) is 97.1 Å². The molecule has 0 aliphatic rings. The molecule has 0 fully saturated rings. The van der Waals surface area contributed by atoms with Crippen LogP contribution in [0, 0.1) is 0 Å². The van der Waals surface area contributed by atoms with E-state index in [0.29, 0.717) is 16.4 Å². The first-order valence-electron chi connectivity index (χ1n) is 10.7. The second-order valence-corrected chi connectivity index (χ2v) is 10.2. The van der Waals surface area contributed by atoms with Crippen molar-refractivity contribution in [3.63, 3.8) is 0 Å². The Balaban J connectivity index is 1.46. The first-order valence-corrected chi connectivity index (χ1v) is 12.3. The molecule has 0 unspecified atom stereocenters. The molecule has 0 bridgehead atoms. The molecule has 0 atom stereocenters. The molecule has 6 rings (SSSR count). The Labute approximate surface area is 190 Å². The monoisotopic (exact) mass is 449 g/mol. The van der Waals surface area contributed by atoms with Gasteiger partial charge in [-0.3, -0.25) is 9.66 Å². The van der Waals surface area contributed by atoms with E-state index < -0.39 is 7.37 Å². The minimum atomic E-state index is -3.35. The van der Waals surface area contributed by atoms with Gasteiger partial charge in [0, 0.05) is 16.3 Å². The van der Waals surface area contributed by atoms with Crippen molar-refractivity contribution in [3.8, 4) is 17.1 Å². The molecule has 0 aliphatic carbocycles. The van der Waals surface area contributed by atoms with Gasteiger partial charge >= 0.3 is 7.37 Å². The maximum Gasteiger partial charge on any atom is 0.306 e. The van der Waals surface area contributed by atoms with Crippen LogP contribution in [0.25, 0.3) is 33.2 Å². The molecule has 160 valence electrons. The summed E-state index contributed by atoms with van der Waals surface area (Å²) in [6, 6.07) is 34.5. The summed E-state index contributed by atoms with van der Waals surface area (Å²) in [7, 11) is -3.35. The quantitative estimate of drug-likeness (QED) is 0.316. The maximum absolute atomic E-state index is 14.3. The molecular formula is C27H20N3O2P. The molecule has 0 radical (unpaired) electrons. The minimum absolute atomic E-state index is 0.525. The highest BCUT2D eigenvalue weighted by Crippen LogP contribution is 2.46. The van der Waals surface area contributed by atoms with Crippen molar-refractivity contribution in [1.82, 2.24) is 15.2 Å². The lowest BCUT2D eigenvalue weighted by atomic mass is 10.1. The molecule has 0 saturated carbocycles. The highest BCUT2D eigenvalue weighted by atomic mass is 31.2. The first kappa shape index (κ1) is 19.6. The molecule has 2 aromatic heterocycles. The van der Waals surface area contributed by atoms with Crippen molar-refractivity contribution in [2.75, 3.05) is 0 Å². The number of hydrogen-bond donors (Lipinski definition) is 2. The van der Waals surface area contributed by atoms with Crippen LogP contribution in [0.5, 0.6) is 5.75 Å². The molecule has 4 aromatic carbocycles. The van der Waals surface area contributed by atoms with Crippen LogP contribution < -0.4 is 15.1 Å². The van der Waals surface area contributed by atoms with Gasteiger partial charge in [-0.1, -0.05) is 54.6 Å². The van der Waals surface area contributed by atoms with Crippen molar-refractivity contribution in [2.45, 2.75) is 0 Å². The Bertz CT molecular complexity index is 1540. The van der Waals surface area contributed by atoms with Gasteiger partial charge in [0.05, 0.1) is 21.8 Å². The third kappa shape index (κ3) is 3.43. The van der Waals surface area contributed by atoms with Gasteiger partial charge in [0.2, 0.25) is 0 Å².